The third-order valence-corrected chi connectivity index (χ3v) is 5.62. The van der Waals surface area contributed by atoms with Gasteiger partial charge in [-0.15, -0.1) is 0 Å². The Morgan fingerprint density at radius 3 is 2.77 bits per heavy atom. The highest BCUT2D eigenvalue weighted by molar-refractivity contribution is 5.93. The number of amides is 1. The maximum absolute atomic E-state index is 14.3. The zero-order valence-electron chi connectivity index (χ0n) is 17.8. The van der Waals surface area contributed by atoms with E-state index in [4.69, 9.17) is 15.6 Å². The van der Waals surface area contributed by atoms with Crippen LogP contribution in [-0.2, 0) is 11.3 Å². The lowest BCUT2D eigenvalue weighted by molar-refractivity contribution is 0.0516. The lowest BCUT2D eigenvalue weighted by Crippen LogP contribution is -2.43. The van der Waals surface area contributed by atoms with Crippen molar-refractivity contribution < 1.29 is 13.9 Å². The van der Waals surface area contributed by atoms with Crippen LogP contribution in [0.4, 0.5) is 15.0 Å². The molecule has 3 aromatic rings. The molecule has 1 fully saturated rings. The fraction of sp³-hybridized carbons (Fsp3) is 0.391. The molecule has 1 heterocycles. The fourth-order valence-corrected chi connectivity index (χ4v) is 3.98. The summed E-state index contributed by atoms with van der Waals surface area (Å²) in [6.07, 6.45) is 1.50. The standard InChI is InChI=1S/C23H28FN5O2/c1-28(2)10-5-11-29-22(26-16-13-17(14-16)31-23(25)30)19-9-8-15(12-21(19)27-29)18-6-3-4-7-20(18)24/h3-4,6-9,12,16-17,26H,5,10-11,13-14H2,1-2H3,(H2,25,30). The number of nitrogens with two attached hydrogens (primary N) is 1. The Morgan fingerprint density at radius 2 is 2.06 bits per heavy atom. The van der Waals surface area contributed by atoms with E-state index in [0.29, 0.717) is 18.4 Å². The van der Waals surface area contributed by atoms with Gasteiger partial charge in [-0.2, -0.15) is 5.10 Å². The molecule has 8 heteroatoms. The van der Waals surface area contributed by atoms with E-state index >= 15 is 0 Å². The first-order chi connectivity index (χ1) is 14.9. The van der Waals surface area contributed by atoms with Crippen molar-refractivity contribution in [2.24, 2.45) is 5.73 Å². The molecule has 1 aliphatic carbocycles. The molecule has 4 rings (SSSR count). The highest BCUT2D eigenvalue weighted by Gasteiger charge is 2.32. The highest BCUT2D eigenvalue weighted by Crippen LogP contribution is 2.33. The predicted octanol–water partition coefficient (Wildman–Crippen LogP) is 3.83. The van der Waals surface area contributed by atoms with E-state index in [1.807, 2.05) is 43.0 Å². The van der Waals surface area contributed by atoms with Crippen LogP contribution < -0.4 is 11.1 Å². The quantitative estimate of drug-likeness (QED) is 0.573. The second-order valence-corrected chi connectivity index (χ2v) is 8.31. The molecule has 0 unspecified atom stereocenters. The number of hydrogen-bond acceptors (Lipinski definition) is 5. The van der Waals surface area contributed by atoms with E-state index in [9.17, 15) is 9.18 Å². The summed E-state index contributed by atoms with van der Waals surface area (Å²) in [6, 6.07) is 12.8. The van der Waals surface area contributed by atoms with Crippen molar-refractivity contribution in [2.45, 2.75) is 38.0 Å². The molecule has 2 aromatic carbocycles. The summed E-state index contributed by atoms with van der Waals surface area (Å²) in [5.74, 6) is 0.692. The summed E-state index contributed by atoms with van der Waals surface area (Å²) in [5.41, 5.74) is 7.29. The lowest BCUT2D eigenvalue weighted by Gasteiger charge is -2.35. The average molecular weight is 426 g/mol. The van der Waals surface area contributed by atoms with Gasteiger partial charge in [-0.25, -0.2) is 13.9 Å². The molecule has 0 saturated heterocycles. The summed E-state index contributed by atoms with van der Waals surface area (Å²) in [7, 11) is 4.10. The molecule has 7 nitrogen and oxygen atoms in total. The van der Waals surface area contributed by atoms with Gasteiger partial charge in [0.15, 0.2) is 0 Å². The van der Waals surface area contributed by atoms with Crippen molar-refractivity contribution in [3.63, 3.8) is 0 Å². The smallest absolute Gasteiger partial charge is 0.404 e. The molecule has 164 valence electrons. The third kappa shape index (κ3) is 4.80. The monoisotopic (exact) mass is 425 g/mol. The summed E-state index contributed by atoms with van der Waals surface area (Å²) in [4.78, 5) is 13.1. The molecule has 1 aliphatic rings. The lowest BCUT2D eigenvalue weighted by atomic mass is 9.89. The fourth-order valence-electron chi connectivity index (χ4n) is 3.98. The molecule has 1 amide bonds. The molecule has 0 bridgehead atoms. The summed E-state index contributed by atoms with van der Waals surface area (Å²) in [5, 5.41) is 9.36. The zero-order valence-corrected chi connectivity index (χ0v) is 17.8. The van der Waals surface area contributed by atoms with Gasteiger partial charge >= 0.3 is 6.09 Å². The van der Waals surface area contributed by atoms with Crippen molar-refractivity contribution in [1.82, 2.24) is 14.7 Å². The number of aromatic nitrogens is 2. The minimum atomic E-state index is -0.733. The second kappa shape index (κ2) is 8.93. The molecule has 0 aliphatic heterocycles. The summed E-state index contributed by atoms with van der Waals surface area (Å²) >= 11 is 0. The first-order valence-corrected chi connectivity index (χ1v) is 10.5. The number of aryl methyl sites for hydroxylation is 1. The number of carbonyl (C=O) groups is 1. The van der Waals surface area contributed by atoms with Crippen molar-refractivity contribution in [3.8, 4) is 11.1 Å². The molecule has 3 N–H and O–H groups in total. The van der Waals surface area contributed by atoms with Gasteiger partial charge in [0.2, 0.25) is 0 Å². The maximum Gasteiger partial charge on any atom is 0.404 e. The van der Waals surface area contributed by atoms with E-state index < -0.39 is 6.09 Å². The molecule has 31 heavy (non-hydrogen) atoms. The number of carbonyl (C=O) groups excluding carboxylic acids is 1. The van der Waals surface area contributed by atoms with Gasteiger partial charge in [0.05, 0.1) is 5.52 Å². The van der Waals surface area contributed by atoms with Crippen LogP contribution in [0.15, 0.2) is 42.5 Å². The Bertz CT molecular complexity index is 1080. The van der Waals surface area contributed by atoms with Gasteiger partial charge in [-0.1, -0.05) is 24.3 Å². The van der Waals surface area contributed by atoms with E-state index in [1.165, 1.54) is 6.07 Å². The van der Waals surface area contributed by atoms with Gasteiger partial charge in [0.1, 0.15) is 17.7 Å². The van der Waals surface area contributed by atoms with Crippen LogP contribution in [-0.4, -0.2) is 53.6 Å². The van der Waals surface area contributed by atoms with Crippen LogP contribution in [0.25, 0.3) is 22.0 Å². The number of hydrogen-bond donors (Lipinski definition) is 2. The van der Waals surface area contributed by atoms with E-state index in [1.54, 1.807) is 12.1 Å². The Kier molecular flexibility index (Phi) is 6.08. The molecule has 0 radical (unpaired) electrons. The number of halogens is 1. The minimum absolute atomic E-state index is 0.140. The topological polar surface area (TPSA) is 85.4 Å². The second-order valence-electron chi connectivity index (χ2n) is 8.31. The number of fused-ring (bicyclic) bond motifs is 1. The Morgan fingerprint density at radius 1 is 1.29 bits per heavy atom. The van der Waals surface area contributed by atoms with E-state index in [-0.39, 0.29) is 18.0 Å². The number of primary amides is 1. The molecular formula is C23H28FN5O2. The SMILES string of the molecule is CN(C)CCCn1nc2cc(-c3ccccc3F)ccc2c1NC1CC(OC(N)=O)C1. The van der Waals surface area contributed by atoms with Crippen LogP contribution >= 0.6 is 0 Å². The summed E-state index contributed by atoms with van der Waals surface area (Å²) < 4.78 is 21.3. The predicted molar refractivity (Wildman–Crippen MR) is 119 cm³/mol. The van der Waals surface area contributed by atoms with Crippen molar-refractivity contribution in [2.75, 3.05) is 26.0 Å². The first kappa shape index (κ1) is 21.1. The van der Waals surface area contributed by atoms with Crippen molar-refractivity contribution in [1.29, 1.82) is 0 Å². The normalized spacial score (nSPS) is 18.2. The number of nitrogens with zero attached hydrogens (tertiary/aromatic N) is 3. The number of nitrogens with one attached hydrogen (secondary N) is 1. The van der Waals surface area contributed by atoms with Crippen LogP contribution in [0.5, 0.6) is 0 Å². The van der Waals surface area contributed by atoms with E-state index in [2.05, 4.69) is 10.2 Å². The number of anilines is 1. The Hall–Kier alpha value is -3.13. The van der Waals surface area contributed by atoms with Crippen LogP contribution in [0.3, 0.4) is 0 Å². The molecule has 0 spiro atoms. The van der Waals surface area contributed by atoms with Crippen LogP contribution in [0.2, 0.25) is 0 Å². The van der Waals surface area contributed by atoms with Gasteiger partial charge in [0, 0.05) is 36.4 Å². The van der Waals surface area contributed by atoms with Gasteiger partial charge < -0.3 is 20.7 Å². The van der Waals surface area contributed by atoms with Gasteiger partial charge in [-0.3, -0.25) is 0 Å². The maximum atomic E-state index is 14.3. The van der Waals surface area contributed by atoms with Crippen LogP contribution in [0.1, 0.15) is 19.3 Å². The number of ether oxygens (including phenoxy) is 1. The number of benzene rings is 2. The molecular weight excluding hydrogens is 397 g/mol. The van der Waals surface area contributed by atoms with Gasteiger partial charge in [-0.05, 0) is 50.8 Å². The summed E-state index contributed by atoms with van der Waals surface area (Å²) in [6.45, 7) is 1.71. The van der Waals surface area contributed by atoms with Crippen molar-refractivity contribution >= 4 is 22.8 Å². The largest absolute Gasteiger partial charge is 0.446 e. The first-order valence-electron chi connectivity index (χ1n) is 10.5. The molecule has 0 atom stereocenters. The Labute approximate surface area is 181 Å². The number of rotatable bonds is 8. The zero-order chi connectivity index (χ0) is 22.0. The third-order valence-electron chi connectivity index (χ3n) is 5.62. The van der Waals surface area contributed by atoms with Crippen molar-refractivity contribution in [3.05, 3.63) is 48.3 Å². The average Bonchev–Trinajstić information content (AvgIpc) is 3.02. The van der Waals surface area contributed by atoms with Crippen LogP contribution in [0, 0.1) is 5.82 Å². The van der Waals surface area contributed by atoms with E-state index in [0.717, 1.165) is 41.8 Å². The highest BCUT2D eigenvalue weighted by atomic mass is 19.1. The molecule has 1 aromatic heterocycles. The van der Waals surface area contributed by atoms with Gasteiger partial charge in [0.25, 0.3) is 0 Å². The molecule has 1 saturated carbocycles. The minimum Gasteiger partial charge on any atom is -0.446 e. The Balaban J connectivity index is 1.60.